The first kappa shape index (κ1) is 31.9. The van der Waals surface area contributed by atoms with Crippen molar-refractivity contribution in [3.8, 4) is 0 Å². The molecule has 0 atom stereocenters. The van der Waals surface area contributed by atoms with Crippen LogP contribution >= 0.6 is 11.8 Å². The molecule has 1 aliphatic rings. The van der Waals surface area contributed by atoms with Crippen LogP contribution in [0, 0.1) is 0 Å². The van der Waals surface area contributed by atoms with E-state index >= 15 is 0 Å². The summed E-state index contributed by atoms with van der Waals surface area (Å²) in [5.41, 5.74) is 6.81. The molecular weight excluding hydrogens is 665 g/mol. The van der Waals surface area contributed by atoms with Crippen molar-refractivity contribution in [1.29, 1.82) is 0 Å². The van der Waals surface area contributed by atoms with Crippen LogP contribution < -0.4 is 30.5 Å². The number of benzene rings is 8. The highest BCUT2D eigenvalue weighted by Gasteiger charge is 2.35. The van der Waals surface area contributed by atoms with Crippen molar-refractivity contribution < 1.29 is 0 Å². The fourth-order valence-corrected chi connectivity index (χ4v) is 14.7. The molecule has 0 aliphatic carbocycles. The number of hydrogen-bond acceptors (Lipinski definition) is 3. The zero-order valence-corrected chi connectivity index (χ0v) is 30.4. The average molecular weight is 701 g/mol. The van der Waals surface area contributed by atoms with Crippen LogP contribution in [0.3, 0.4) is 0 Å². The van der Waals surface area contributed by atoms with Crippen LogP contribution in [-0.4, -0.2) is 8.07 Å². The zero-order valence-electron chi connectivity index (χ0n) is 28.6. The fourth-order valence-electron chi connectivity index (χ4n) is 7.72. The zero-order chi connectivity index (χ0) is 34.7. The van der Waals surface area contributed by atoms with E-state index in [-0.39, 0.29) is 0 Å². The monoisotopic (exact) mass is 700 g/mol. The van der Waals surface area contributed by atoms with Gasteiger partial charge in [0.15, 0.2) is 0 Å². The Morgan fingerprint density at radius 1 is 0.288 bits per heavy atom. The Bertz CT molecular complexity index is 2170. The number of nitrogens with zero attached hydrogens (tertiary/aromatic N) is 2. The summed E-state index contributed by atoms with van der Waals surface area (Å²) in [5.74, 6) is 0. The van der Waals surface area contributed by atoms with E-state index in [1.807, 2.05) is 11.8 Å². The van der Waals surface area contributed by atoms with E-state index in [4.69, 9.17) is 0 Å². The van der Waals surface area contributed by atoms with Crippen LogP contribution in [0.1, 0.15) is 0 Å². The Kier molecular flexibility index (Phi) is 8.53. The summed E-state index contributed by atoms with van der Waals surface area (Å²) in [4.78, 5) is 7.33. The molecule has 0 amide bonds. The highest BCUT2D eigenvalue weighted by Crippen LogP contribution is 2.42. The van der Waals surface area contributed by atoms with Gasteiger partial charge < -0.3 is 9.80 Å². The molecular formula is C48H36N2SSi-. The van der Waals surface area contributed by atoms with Crippen LogP contribution in [0.5, 0.6) is 0 Å². The lowest BCUT2D eigenvalue weighted by atomic mass is 10.2. The first-order valence-corrected chi connectivity index (χ1v) is 20.5. The maximum atomic E-state index is 2.43. The molecule has 1 aliphatic heterocycles. The van der Waals surface area contributed by atoms with Crippen molar-refractivity contribution in [3.05, 3.63) is 218 Å². The van der Waals surface area contributed by atoms with Crippen LogP contribution in [0.4, 0.5) is 34.1 Å². The second-order valence-corrected chi connectivity index (χ2v) is 17.8. The molecule has 8 aromatic carbocycles. The quantitative estimate of drug-likeness (QED) is 0.146. The molecule has 0 unspecified atom stereocenters. The summed E-state index contributed by atoms with van der Waals surface area (Å²) in [5, 5.41) is 5.61. The van der Waals surface area contributed by atoms with Gasteiger partial charge in [-0.2, -0.15) is 20.7 Å². The van der Waals surface area contributed by atoms with Crippen molar-refractivity contribution in [2.45, 2.75) is 9.79 Å². The van der Waals surface area contributed by atoms with E-state index in [2.05, 4.69) is 228 Å². The van der Waals surface area contributed by atoms with Gasteiger partial charge in [-0.25, -0.2) is 0 Å². The Morgan fingerprint density at radius 3 is 0.885 bits per heavy atom. The lowest BCUT2D eigenvalue weighted by Crippen LogP contribution is -2.76. The minimum atomic E-state index is -2.77. The second kappa shape index (κ2) is 13.9. The number of rotatable bonds is 8. The van der Waals surface area contributed by atoms with Gasteiger partial charge in [0, 0.05) is 34.1 Å². The van der Waals surface area contributed by atoms with Gasteiger partial charge in [-0.3, -0.25) is 0 Å². The smallest absolute Gasteiger partial charge is 0.0470 e. The largest absolute Gasteiger partial charge is 0.310 e. The highest BCUT2D eigenvalue weighted by molar-refractivity contribution is 8.00. The Labute approximate surface area is 311 Å². The SMILES string of the molecule is c1ccc(N(c2ccccc2)c2ccc3c(c2)Sc2cc(N(c4ccccc4)c4ccccc4)ccc2[Si-]3(c2ccccc2)c2ccccc2)cc1. The molecule has 4 heteroatoms. The Balaban J connectivity index is 1.30. The van der Waals surface area contributed by atoms with Crippen LogP contribution in [0.15, 0.2) is 228 Å². The lowest BCUT2D eigenvalue weighted by Gasteiger charge is -2.52. The van der Waals surface area contributed by atoms with Gasteiger partial charge in [0.05, 0.1) is 0 Å². The maximum Gasteiger partial charge on any atom is 0.0470 e. The molecule has 0 radical (unpaired) electrons. The first-order valence-electron chi connectivity index (χ1n) is 17.7. The minimum Gasteiger partial charge on any atom is -0.310 e. The van der Waals surface area contributed by atoms with Gasteiger partial charge in [-0.05, 0) is 90.7 Å². The van der Waals surface area contributed by atoms with Gasteiger partial charge in [0.1, 0.15) is 0 Å². The van der Waals surface area contributed by atoms with Crippen LogP contribution in [0.25, 0.3) is 0 Å². The van der Waals surface area contributed by atoms with Gasteiger partial charge in [-0.1, -0.05) is 157 Å². The van der Waals surface area contributed by atoms with E-state index in [1.165, 1.54) is 30.5 Å². The van der Waals surface area contributed by atoms with E-state index in [0.717, 1.165) is 34.1 Å². The standard InChI is InChI=1S/C48H36N2SSi/c1-7-19-37(20-8-1)49(38-21-9-2-10-22-38)41-31-33-47-45(35-41)51-46-36-42(50(39-23-11-3-12-24-39)40-25-13-4-14-26-40)32-34-48(46)52(47,43-27-15-5-16-28-43)44-29-17-6-18-30-44/h1-36H/q-1. The van der Waals surface area contributed by atoms with E-state index < -0.39 is 8.07 Å². The van der Waals surface area contributed by atoms with Gasteiger partial charge in [0.25, 0.3) is 0 Å². The molecule has 0 N–H and O–H groups in total. The van der Waals surface area contributed by atoms with Crippen molar-refractivity contribution in [3.63, 3.8) is 0 Å². The van der Waals surface area contributed by atoms with E-state index in [1.54, 1.807) is 0 Å². The van der Waals surface area contributed by atoms with Gasteiger partial charge >= 0.3 is 0 Å². The summed E-state index contributed by atoms with van der Waals surface area (Å²) >= 11 is 1.90. The molecule has 2 nitrogen and oxygen atoms in total. The van der Waals surface area contributed by atoms with Crippen molar-refractivity contribution in [1.82, 2.24) is 0 Å². The van der Waals surface area contributed by atoms with Crippen molar-refractivity contribution >= 4 is 74.7 Å². The summed E-state index contributed by atoms with van der Waals surface area (Å²) in [7, 11) is -2.77. The topological polar surface area (TPSA) is 6.48 Å². The molecule has 0 aromatic heterocycles. The fraction of sp³-hybridized carbons (Fsp3) is 0. The third-order valence-electron chi connectivity index (χ3n) is 9.95. The molecule has 0 saturated carbocycles. The number of para-hydroxylation sites is 4. The number of hydrogen-bond donors (Lipinski definition) is 0. The third-order valence-corrected chi connectivity index (χ3v) is 16.3. The normalized spacial score (nSPS) is 12.7. The predicted octanol–water partition coefficient (Wildman–Crippen LogP) is 10.5. The molecule has 0 fully saturated rings. The average Bonchev–Trinajstić information content (AvgIpc) is 3.22. The molecule has 249 valence electrons. The Hall–Kier alpha value is -6.07. The third kappa shape index (κ3) is 5.63. The van der Waals surface area contributed by atoms with Crippen molar-refractivity contribution in [2.24, 2.45) is 0 Å². The Morgan fingerprint density at radius 2 is 0.577 bits per heavy atom. The van der Waals surface area contributed by atoms with Gasteiger partial charge in [0.2, 0.25) is 0 Å². The van der Waals surface area contributed by atoms with Crippen molar-refractivity contribution in [2.75, 3.05) is 9.80 Å². The molecule has 0 spiro atoms. The molecule has 1 heterocycles. The second-order valence-electron chi connectivity index (χ2n) is 13.0. The van der Waals surface area contributed by atoms with Crippen LogP contribution in [-0.2, 0) is 0 Å². The molecule has 52 heavy (non-hydrogen) atoms. The molecule has 8 aromatic rings. The molecule has 0 bridgehead atoms. The number of anilines is 6. The number of fused-ring (bicyclic) bond motifs is 2. The summed E-state index contributed by atoms with van der Waals surface area (Å²) in [6.07, 6.45) is 0. The summed E-state index contributed by atoms with van der Waals surface area (Å²) in [6, 6.07) is 79.6. The highest BCUT2D eigenvalue weighted by atomic mass is 32.2. The summed E-state index contributed by atoms with van der Waals surface area (Å²) < 4.78 is 0. The van der Waals surface area contributed by atoms with E-state index in [9.17, 15) is 0 Å². The maximum absolute atomic E-state index is 2.77. The first-order chi connectivity index (χ1) is 25.8. The molecule has 9 rings (SSSR count). The minimum absolute atomic E-state index is 1.13. The predicted molar refractivity (Wildman–Crippen MR) is 224 cm³/mol. The van der Waals surface area contributed by atoms with E-state index in [0.29, 0.717) is 0 Å². The van der Waals surface area contributed by atoms with Crippen LogP contribution in [0.2, 0.25) is 0 Å². The van der Waals surface area contributed by atoms with Gasteiger partial charge in [-0.15, -0.1) is 0 Å². The lowest BCUT2D eigenvalue weighted by molar-refractivity contribution is 1.25. The molecule has 0 saturated heterocycles. The summed E-state index contributed by atoms with van der Waals surface area (Å²) in [6.45, 7) is 0.